The predicted octanol–water partition coefficient (Wildman–Crippen LogP) is 2.81. The van der Waals surface area contributed by atoms with E-state index in [4.69, 9.17) is 4.74 Å². The zero-order valence-electron chi connectivity index (χ0n) is 14.3. The maximum absolute atomic E-state index is 12.4. The summed E-state index contributed by atoms with van der Waals surface area (Å²) >= 11 is 0. The molecule has 2 amide bonds. The van der Waals surface area contributed by atoms with E-state index in [0.29, 0.717) is 31.2 Å². The van der Waals surface area contributed by atoms with Crippen molar-refractivity contribution in [3.63, 3.8) is 0 Å². The maximum Gasteiger partial charge on any atom is 0.230 e. The summed E-state index contributed by atoms with van der Waals surface area (Å²) in [6.45, 7) is 0.400. The number of amides is 2. The minimum absolute atomic E-state index is 0.0359. The lowest BCUT2D eigenvalue weighted by molar-refractivity contribution is -0.121. The Balaban J connectivity index is 1.66. The Morgan fingerprint density at radius 1 is 1.25 bits per heavy atom. The molecule has 0 bridgehead atoms. The lowest BCUT2D eigenvalue weighted by Gasteiger charge is -2.18. The molecule has 1 aliphatic heterocycles. The first-order chi connectivity index (χ1) is 11.6. The molecule has 1 aromatic carbocycles. The Morgan fingerprint density at radius 2 is 2.00 bits per heavy atom. The van der Waals surface area contributed by atoms with Gasteiger partial charge in [-0.2, -0.15) is 0 Å². The second kappa shape index (κ2) is 7.69. The van der Waals surface area contributed by atoms with Crippen molar-refractivity contribution in [2.75, 3.05) is 18.6 Å². The van der Waals surface area contributed by atoms with Crippen LogP contribution in [0.25, 0.3) is 0 Å². The number of anilines is 1. The van der Waals surface area contributed by atoms with Gasteiger partial charge < -0.3 is 15.0 Å². The van der Waals surface area contributed by atoms with Crippen LogP contribution in [0.1, 0.15) is 50.5 Å². The fraction of sp³-hybridized carbons (Fsp3) is 0.579. The molecule has 5 heteroatoms. The third-order valence-corrected chi connectivity index (χ3v) is 4.92. The molecule has 5 nitrogen and oxygen atoms in total. The molecule has 0 spiro atoms. The van der Waals surface area contributed by atoms with Crippen LogP contribution in [-0.2, 0) is 16.0 Å². The molecule has 1 heterocycles. The number of hydrogen-bond acceptors (Lipinski definition) is 3. The SMILES string of the molecule is CN1C(=O)CCOc2ccc(CC(=O)NC3CCCCCC3)cc21. The van der Waals surface area contributed by atoms with Crippen LogP contribution in [0.4, 0.5) is 5.69 Å². The molecule has 1 N–H and O–H groups in total. The third-order valence-electron chi connectivity index (χ3n) is 4.92. The van der Waals surface area contributed by atoms with E-state index in [1.165, 1.54) is 25.7 Å². The normalized spacial score (nSPS) is 19.0. The lowest BCUT2D eigenvalue weighted by Crippen LogP contribution is -2.35. The topological polar surface area (TPSA) is 58.6 Å². The van der Waals surface area contributed by atoms with Crippen molar-refractivity contribution >= 4 is 17.5 Å². The second-order valence-corrected chi connectivity index (χ2v) is 6.79. The molecule has 0 aromatic heterocycles. The Bertz CT molecular complexity index is 607. The number of rotatable bonds is 3. The van der Waals surface area contributed by atoms with Crippen molar-refractivity contribution in [3.05, 3.63) is 23.8 Å². The van der Waals surface area contributed by atoms with Gasteiger partial charge in [-0.25, -0.2) is 0 Å². The Labute approximate surface area is 143 Å². The number of nitrogens with one attached hydrogen (secondary N) is 1. The van der Waals surface area contributed by atoms with E-state index in [2.05, 4.69) is 5.32 Å². The van der Waals surface area contributed by atoms with Crippen LogP contribution in [0.3, 0.4) is 0 Å². The van der Waals surface area contributed by atoms with Gasteiger partial charge in [0.2, 0.25) is 11.8 Å². The molecule has 0 atom stereocenters. The van der Waals surface area contributed by atoms with Crippen LogP contribution < -0.4 is 15.0 Å². The van der Waals surface area contributed by atoms with Gasteiger partial charge in [-0.15, -0.1) is 0 Å². The highest BCUT2D eigenvalue weighted by molar-refractivity contribution is 5.95. The van der Waals surface area contributed by atoms with E-state index in [0.717, 1.165) is 24.1 Å². The van der Waals surface area contributed by atoms with E-state index in [1.54, 1.807) is 11.9 Å². The third kappa shape index (κ3) is 4.08. The van der Waals surface area contributed by atoms with Gasteiger partial charge in [-0.1, -0.05) is 31.7 Å². The summed E-state index contributed by atoms with van der Waals surface area (Å²) in [5.74, 6) is 0.801. The molecule has 0 radical (unpaired) electrons. The van der Waals surface area contributed by atoms with Gasteiger partial charge >= 0.3 is 0 Å². The molecular formula is C19H26N2O3. The zero-order chi connectivity index (χ0) is 16.9. The van der Waals surface area contributed by atoms with Gasteiger partial charge in [0.15, 0.2) is 0 Å². The van der Waals surface area contributed by atoms with Crippen LogP contribution in [0.2, 0.25) is 0 Å². The van der Waals surface area contributed by atoms with Gasteiger partial charge in [0.25, 0.3) is 0 Å². The molecule has 1 aliphatic carbocycles. The number of carbonyl (C=O) groups is 2. The number of carbonyl (C=O) groups excluding carboxylic acids is 2. The summed E-state index contributed by atoms with van der Waals surface area (Å²) in [5, 5.41) is 3.17. The highest BCUT2D eigenvalue weighted by Crippen LogP contribution is 2.31. The van der Waals surface area contributed by atoms with E-state index < -0.39 is 0 Å². The molecule has 1 saturated carbocycles. The van der Waals surface area contributed by atoms with Crippen molar-refractivity contribution < 1.29 is 14.3 Å². The molecule has 130 valence electrons. The van der Waals surface area contributed by atoms with Crippen molar-refractivity contribution in [1.29, 1.82) is 0 Å². The summed E-state index contributed by atoms with van der Waals surface area (Å²) in [4.78, 5) is 25.9. The highest BCUT2D eigenvalue weighted by Gasteiger charge is 2.21. The largest absolute Gasteiger partial charge is 0.491 e. The zero-order valence-corrected chi connectivity index (χ0v) is 14.3. The minimum Gasteiger partial charge on any atom is -0.491 e. The molecule has 24 heavy (non-hydrogen) atoms. The second-order valence-electron chi connectivity index (χ2n) is 6.79. The molecule has 0 unspecified atom stereocenters. The lowest BCUT2D eigenvalue weighted by atomic mass is 10.1. The van der Waals surface area contributed by atoms with Crippen LogP contribution in [-0.4, -0.2) is 31.5 Å². The molecule has 1 aromatic rings. The molecule has 3 rings (SSSR count). The average Bonchev–Trinajstić information content (AvgIpc) is 2.89. The minimum atomic E-state index is 0.0359. The van der Waals surface area contributed by atoms with Gasteiger partial charge in [-0.3, -0.25) is 9.59 Å². The molecule has 1 fully saturated rings. The first kappa shape index (κ1) is 16.8. The first-order valence-electron chi connectivity index (χ1n) is 8.95. The van der Waals surface area contributed by atoms with Gasteiger partial charge in [0.1, 0.15) is 5.75 Å². The number of ether oxygens (including phenoxy) is 1. The van der Waals surface area contributed by atoms with Crippen LogP contribution >= 0.6 is 0 Å². The van der Waals surface area contributed by atoms with Crippen molar-refractivity contribution in [1.82, 2.24) is 5.32 Å². The highest BCUT2D eigenvalue weighted by atomic mass is 16.5. The monoisotopic (exact) mass is 330 g/mol. The van der Waals surface area contributed by atoms with Gasteiger partial charge in [0.05, 0.1) is 25.1 Å². The number of benzene rings is 1. The smallest absolute Gasteiger partial charge is 0.230 e. The van der Waals surface area contributed by atoms with Gasteiger partial charge in [0, 0.05) is 13.1 Å². The standard InChI is InChI=1S/C19H26N2O3/c1-21-16-12-14(8-9-17(16)24-11-10-19(21)23)13-18(22)20-15-6-4-2-3-5-7-15/h8-9,12,15H,2-7,10-11,13H2,1H3,(H,20,22). The summed E-state index contributed by atoms with van der Waals surface area (Å²) in [6, 6.07) is 5.98. The van der Waals surface area contributed by atoms with E-state index >= 15 is 0 Å². The van der Waals surface area contributed by atoms with Crippen molar-refractivity contribution in [3.8, 4) is 5.75 Å². The predicted molar refractivity (Wildman–Crippen MR) is 93.3 cm³/mol. The van der Waals surface area contributed by atoms with Crippen molar-refractivity contribution in [2.45, 2.75) is 57.4 Å². The number of nitrogens with zero attached hydrogens (tertiary/aromatic N) is 1. The fourth-order valence-electron chi connectivity index (χ4n) is 3.50. The van der Waals surface area contributed by atoms with E-state index in [1.807, 2.05) is 18.2 Å². The number of fused-ring (bicyclic) bond motifs is 1. The van der Waals surface area contributed by atoms with Crippen LogP contribution in [0.5, 0.6) is 5.75 Å². The first-order valence-corrected chi connectivity index (χ1v) is 8.95. The summed E-state index contributed by atoms with van der Waals surface area (Å²) in [7, 11) is 1.76. The van der Waals surface area contributed by atoms with Crippen molar-refractivity contribution in [2.24, 2.45) is 0 Å². The summed E-state index contributed by atoms with van der Waals surface area (Å²) in [5.41, 5.74) is 1.65. The van der Waals surface area contributed by atoms with E-state index in [-0.39, 0.29) is 11.8 Å². The summed E-state index contributed by atoms with van der Waals surface area (Å²) < 4.78 is 5.62. The summed E-state index contributed by atoms with van der Waals surface area (Å²) in [6.07, 6.45) is 7.84. The average molecular weight is 330 g/mol. The Morgan fingerprint density at radius 3 is 2.75 bits per heavy atom. The van der Waals surface area contributed by atoms with Gasteiger partial charge in [-0.05, 0) is 30.5 Å². The van der Waals surface area contributed by atoms with Crippen LogP contribution in [0.15, 0.2) is 18.2 Å². The Kier molecular flexibility index (Phi) is 5.38. The molecule has 0 saturated heterocycles. The quantitative estimate of drug-likeness (QED) is 0.867. The van der Waals surface area contributed by atoms with Crippen LogP contribution in [0, 0.1) is 0 Å². The maximum atomic E-state index is 12.4. The van der Waals surface area contributed by atoms with E-state index in [9.17, 15) is 9.59 Å². The number of hydrogen-bond donors (Lipinski definition) is 1. The molecule has 2 aliphatic rings. The fourth-order valence-corrected chi connectivity index (χ4v) is 3.50. The Hall–Kier alpha value is -2.04. The molecular weight excluding hydrogens is 304 g/mol.